The van der Waals surface area contributed by atoms with Crippen LogP contribution in [0.5, 0.6) is 0 Å². The Morgan fingerprint density at radius 1 is 1.32 bits per heavy atom. The van der Waals surface area contributed by atoms with E-state index in [1.807, 2.05) is 6.92 Å². The molecule has 2 nitrogen and oxygen atoms in total. The second-order valence-electron chi connectivity index (χ2n) is 5.62. The summed E-state index contributed by atoms with van der Waals surface area (Å²) < 4.78 is 13.2. The maximum atomic E-state index is 13.2. The Hall–Kier alpha value is -1.22. The summed E-state index contributed by atoms with van der Waals surface area (Å²) in [5.74, 6) is -0.160. The molecular weight excluding hydrogens is 241 g/mol. The van der Waals surface area contributed by atoms with Gasteiger partial charge in [-0.1, -0.05) is 25.3 Å². The average Bonchev–Trinajstić information content (AvgIpc) is 2.58. The first-order chi connectivity index (χ1) is 9.08. The molecule has 0 heterocycles. The van der Waals surface area contributed by atoms with Crippen molar-refractivity contribution in [3.63, 3.8) is 0 Å². The third-order valence-corrected chi connectivity index (χ3v) is 4.16. The van der Waals surface area contributed by atoms with Crippen LogP contribution in [-0.2, 0) is 11.2 Å². The Kier molecular flexibility index (Phi) is 4.70. The van der Waals surface area contributed by atoms with Crippen LogP contribution in [0.25, 0.3) is 0 Å². The van der Waals surface area contributed by atoms with E-state index in [4.69, 9.17) is 5.73 Å². The van der Waals surface area contributed by atoms with Crippen molar-refractivity contribution in [2.75, 3.05) is 0 Å². The molecule has 0 aliphatic heterocycles. The van der Waals surface area contributed by atoms with Crippen LogP contribution in [0.3, 0.4) is 0 Å². The molecular formula is C16H22FNO. The van der Waals surface area contributed by atoms with Gasteiger partial charge in [-0.3, -0.25) is 4.79 Å². The summed E-state index contributed by atoms with van der Waals surface area (Å²) in [6.07, 6.45) is 5.47. The number of ketones is 1. The van der Waals surface area contributed by atoms with Gasteiger partial charge in [0.15, 0.2) is 0 Å². The summed E-state index contributed by atoms with van der Waals surface area (Å²) in [4.78, 5) is 12.4. The standard InChI is InChI=1S/C16H22FNO/c1-11-7-8-13(17)9-12(11)10-16(19)14-5-3-2-4-6-15(14)18/h7-9,14-15H,2-6,10,18H2,1H3. The Morgan fingerprint density at radius 3 is 2.84 bits per heavy atom. The number of carbonyl (C=O) groups is 1. The van der Waals surface area contributed by atoms with Gasteiger partial charge in [-0.15, -0.1) is 0 Å². The molecule has 1 aromatic rings. The predicted molar refractivity (Wildman–Crippen MR) is 74.4 cm³/mol. The lowest BCUT2D eigenvalue weighted by Crippen LogP contribution is -2.35. The SMILES string of the molecule is Cc1ccc(F)cc1CC(=O)C1CCCCCC1N. The molecule has 1 fully saturated rings. The van der Waals surface area contributed by atoms with Crippen LogP contribution in [0.4, 0.5) is 4.39 Å². The van der Waals surface area contributed by atoms with E-state index in [1.54, 1.807) is 6.07 Å². The average molecular weight is 263 g/mol. The minimum absolute atomic E-state index is 0.0242. The number of benzene rings is 1. The minimum atomic E-state index is -0.279. The number of hydrogen-bond donors (Lipinski definition) is 1. The molecule has 1 aliphatic rings. The fourth-order valence-corrected chi connectivity index (χ4v) is 2.89. The van der Waals surface area contributed by atoms with E-state index in [9.17, 15) is 9.18 Å². The van der Waals surface area contributed by atoms with E-state index in [0.29, 0.717) is 6.42 Å². The predicted octanol–water partition coefficient (Wildman–Crippen LogP) is 3.15. The summed E-state index contributed by atoms with van der Waals surface area (Å²) in [5.41, 5.74) is 7.87. The summed E-state index contributed by atoms with van der Waals surface area (Å²) in [5, 5.41) is 0. The van der Waals surface area contributed by atoms with E-state index < -0.39 is 0 Å². The molecule has 0 spiro atoms. The highest BCUT2D eigenvalue weighted by atomic mass is 19.1. The van der Waals surface area contributed by atoms with Crippen LogP contribution < -0.4 is 5.73 Å². The number of carbonyl (C=O) groups excluding carboxylic acids is 1. The second-order valence-corrected chi connectivity index (χ2v) is 5.62. The molecule has 2 rings (SSSR count). The van der Waals surface area contributed by atoms with Crippen LogP contribution >= 0.6 is 0 Å². The van der Waals surface area contributed by atoms with E-state index in [2.05, 4.69) is 0 Å². The van der Waals surface area contributed by atoms with Gasteiger partial charge < -0.3 is 5.73 Å². The van der Waals surface area contributed by atoms with Gasteiger partial charge in [0.05, 0.1) is 0 Å². The summed E-state index contributed by atoms with van der Waals surface area (Å²) in [6.45, 7) is 1.91. The van der Waals surface area contributed by atoms with Gasteiger partial charge in [-0.05, 0) is 43.0 Å². The summed E-state index contributed by atoms with van der Waals surface area (Å²) in [7, 11) is 0. The summed E-state index contributed by atoms with van der Waals surface area (Å²) in [6, 6.07) is 4.60. The lowest BCUT2D eigenvalue weighted by Gasteiger charge is -2.20. The molecule has 3 heteroatoms. The molecule has 1 aromatic carbocycles. The van der Waals surface area contributed by atoms with Crippen LogP contribution in [0.15, 0.2) is 18.2 Å². The number of halogens is 1. The van der Waals surface area contributed by atoms with E-state index in [0.717, 1.165) is 43.2 Å². The second kappa shape index (κ2) is 6.29. The van der Waals surface area contributed by atoms with Crippen LogP contribution in [0.1, 0.15) is 43.2 Å². The highest BCUT2D eigenvalue weighted by molar-refractivity contribution is 5.84. The smallest absolute Gasteiger partial charge is 0.141 e. The van der Waals surface area contributed by atoms with Gasteiger partial charge in [-0.2, -0.15) is 0 Å². The fraction of sp³-hybridized carbons (Fsp3) is 0.562. The third kappa shape index (κ3) is 3.63. The zero-order valence-corrected chi connectivity index (χ0v) is 11.5. The molecule has 0 radical (unpaired) electrons. The van der Waals surface area contributed by atoms with Gasteiger partial charge in [-0.25, -0.2) is 4.39 Å². The summed E-state index contributed by atoms with van der Waals surface area (Å²) >= 11 is 0. The first kappa shape index (κ1) is 14.2. The van der Waals surface area contributed by atoms with Gasteiger partial charge >= 0.3 is 0 Å². The van der Waals surface area contributed by atoms with Crippen LogP contribution in [-0.4, -0.2) is 11.8 Å². The number of Topliss-reactive ketones (excluding diaryl/α,β-unsaturated/α-hetero) is 1. The maximum Gasteiger partial charge on any atom is 0.141 e. The quantitative estimate of drug-likeness (QED) is 0.851. The van der Waals surface area contributed by atoms with Crippen LogP contribution in [0, 0.1) is 18.7 Å². The van der Waals surface area contributed by atoms with Crippen molar-refractivity contribution in [1.29, 1.82) is 0 Å². The van der Waals surface area contributed by atoms with E-state index >= 15 is 0 Å². The van der Waals surface area contributed by atoms with Gasteiger partial charge in [0.1, 0.15) is 11.6 Å². The molecule has 0 amide bonds. The van der Waals surface area contributed by atoms with Crippen LogP contribution in [0.2, 0.25) is 0 Å². The van der Waals surface area contributed by atoms with Crippen molar-refractivity contribution >= 4 is 5.78 Å². The largest absolute Gasteiger partial charge is 0.327 e. The molecule has 2 atom stereocenters. The first-order valence-corrected chi connectivity index (χ1v) is 7.11. The lowest BCUT2D eigenvalue weighted by molar-refractivity contribution is -0.123. The van der Waals surface area contributed by atoms with Crippen molar-refractivity contribution in [2.24, 2.45) is 11.7 Å². The Labute approximate surface area is 114 Å². The van der Waals surface area contributed by atoms with Gasteiger partial charge in [0, 0.05) is 18.4 Å². The number of aryl methyl sites for hydroxylation is 1. The van der Waals surface area contributed by atoms with Crippen molar-refractivity contribution in [2.45, 2.75) is 51.5 Å². The molecule has 19 heavy (non-hydrogen) atoms. The van der Waals surface area contributed by atoms with Gasteiger partial charge in [0.25, 0.3) is 0 Å². The highest BCUT2D eigenvalue weighted by Gasteiger charge is 2.27. The first-order valence-electron chi connectivity index (χ1n) is 7.11. The Balaban J connectivity index is 2.09. The molecule has 0 saturated heterocycles. The highest BCUT2D eigenvalue weighted by Crippen LogP contribution is 2.24. The fourth-order valence-electron chi connectivity index (χ4n) is 2.89. The molecule has 2 unspecified atom stereocenters. The van der Waals surface area contributed by atoms with Crippen molar-refractivity contribution in [1.82, 2.24) is 0 Å². The number of rotatable bonds is 3. The zero-order valence-electron chi connectivity index (χ0n) is 11.5. The maximum absolute atomic E-state index is 13.2. The normalized spacial score (nSPS) is 23.9. The Morgan fingerprint density at radius 2 is 2.05 bits per heavy atom. The van der Waals surface area contributed by atoms with Gasteiger partial charge in [0.2, 0.25) is 0 Å². The molecule has 1 aliphatic carbocycles. The molecule has 0 aromatic heterocycles. The number of hydrogen-bond acceptors (Lipinski definition) is 2. The topological polar surface area (TPSA) is 43.1 Å². The van der Waals surface area contributed by atoms with Crippen molar-refractivity contribution in [3.8, 4) is 0 Å². The monoisotopic (exact) mass is 263 g/mol. The van der Waals surface area contributed by atoms with Crippen molar-refractivity contribution in [3.05, 3.63) is 35.1 Å². The Bertz CT molecular complexity index is 458. The van der Waals surface area contributed by atoms with E-state index in [-0.39, 0.29) is 23.6 Å². The third-order valence-electron chi connectivity index (χ3n) is 4.16. The van der Waals surface area contributed by atoms with Crippen molar-refractivity contribution < 1.29 is 9.18 Å². The van der Waals surface area contributed by atoms with E-state index in [1.165, 1.54) is 12.1 Å². The zero-order chi connectivity index (χ0) is 13.8. The number of nitrogens with two attached hydrogens (primary N) is 1. The lowest BCUT2D eigenvalue weighted by atomic mass is 9.87. The molecule has 0 bridgehead atoms. The molecule has 2 N–H and O–H groups in total. The molecule has 1 saturated carbocycles. The minimum Gasteiger partial charge on any atom is -0.327 e. The molecule has 104 valence electrons.